The van der Waals surface area contributed by atoms with Crippen molar-refractivity contribution in [1.29, 1.82) is 0 Å². The summed E-state index contributed by atoms with van der Waals surface area (Å²) >= 11 is 0. The van der Waals surface area contributed by atoms with Crippen molar-refractivity contribution in [2.75, 3.05) is 7.11 Å². The lowest BCUT2D eigenvalue weighted by Gasteiger charge is -2.21. The van der Waals surface area contributed by atoms with E-state index in [-0.39, 0.29) is 5.60 Å². The van der Waals surface area contributed by atoms with Gasteiger partial charge in [0.15, 0.2) is 0 Å². The number of pyridine rings is 1. The number of hydrogen-bond donors (Lipinski definition) is 0. The Hall–Kier alpha value is -0.890. The quantitative estimate of drug-likeness (QED) is 0.630. The van der Waals surface area contributed by atoms with Crippen molar-refractivity contribution >= 4 is 0 Å². The van der Waals surface area contributed by atoms with Crippen LogP contribution in [0.15, 0.2) is 18.3 Å². The van der Waals surface area contributed by atoms with Crippen molar-refractivity contribution in [1.82, 2.24) is 4.98 Å². The van der Waals surface area contributed by atoms with Gasteiger partial charge in [0.2, 0.25) is 0 Å². The summed E-state index contributed by atoms with van der Waals surface area (Å²) in [4.78, 5) is 4.36. The molecule has 2 rings (SSSR count). The number of aromatic nitrogens is 1. The summed E-state index contributed by atoms with van der Waals surface area (Å²) in [6.45, 7) is 2.10. The minimum Gasteiger partial charge on any atom is -0.372 e. The first-order chi connectivity index (χ1) is 5.76. The van der Waals surface area contributed by atoms with Crippen LogP contribution in [0, 0.1) is 0 Å². The van der Waals surface area contributed by atoms with E-state index in [1.165, 1.54) is 5.56 Å². The van der Waals surface area contributed by atoms with Crippen molar-refractivity contribution in [3.05, 3.63) is 29.6 Å². The smallest absolute Gasteiger partial charge is 0.107 e. The van der Waals surface area contributed by atoms with Gasteiger partial charge in [-0.15, -0.1) is 0 Å². The molecule has 1 atom stereocenters. The number of methoxy groups -OCH3 is 1. The predicted octanol–water partition coefficient (Wildman–Crippen LogP) is 1.89. The SMILES string of the molecule is COC1(C)CCc2cccnc21. The zero-order valence-corrected chi connectivity index (χ0v) is 7.50. The fraction of sp³-hybridized carbons (Fsp3) is 0.500. The lowest BCUT2D eigenvalue weighted by molar-refractivity contribution is 0.000514. The van der Waals surface area contributed by atoms with Gasteiger partial charge in [0, 0.05) is 13.3 Å². The first-order valence-corrected chi connectivity index (χ1v) is 4.26. The number of ether oxygens (including phenoxy) is 1. The fourth-order valence-corrected chi connectivity index (χ4v) is 1.81. The Balaban J connectivity index is 2.49. The number of fused-ring (bicyclic) bond motifs is 1. The lowest BCUT2D eigenvalue weighted by Crippen LogP contribution is -2.21. The van der Waals surface area contributed by atoms with E-state index in [1.807, 2.05) is 12.3 Å². The summed E-state index contributed by atoms with van der Waals surface area (Å²) in [5.74, 6) is 0. The van der Waals surface area contributed by atoms with Crippen LogP contribution < -0.4 is 0 Å². The molecule has 1 aliphatic rings. The van der Waals surface area contributed by atoms with Crippen molar-refractivity contribution in [3.63, 3.8) is 0 Å². The molecule has 0 aromatic carbocycles. The largest absolute Gasteiger partial charge is 0.372 e. The molecule has 1 aromatic heterocycles. The van der Waals surface area contributed by atoms with Gasteiger partial charge in [-0.1, -0.05) is 6.07 Å². The third kappa shape index (κ3) is 0.950. The standard InChI is InChI=1S/C10H13NO/c1-10(12-2)6-5-8-4-3-7-11-9(8)10/h3-4,7H,5-6H2,1-2H3. The minimum atomic E-state index is -0.142. The Labute approximate surface area is 72.6 Å². The third-order valence-corrected chi connectivity index (χ3v) is 2.71. The zero-order valence-electron chi connectivity index (χ0n) is 7.50. The molecular formula is C10H13NO. The lowest BCUT2D eigenvalue weighted by atomic mass is 10.0. The van der Waals surface area contributed by atoms with Gasteiger partial charge in [0.1, 0.15) is 5.60 Å². The van der Waals surface area contributed by atoms with Crippen molar-refractivity contribution < 1.29 is 4.74 Å². The fourth-order valence-electron chi connectivity index (χ4n) is 1.81. The van der Waals surface area contributed by atoms with E-state index in [0.29, 0.717) is 0 Å². The van der Waals surface area contributed by atoms with Crippen LogP contribution in [0.3, 0.4) is 0 Å². The summed E-state index contributed by atoms with van der Waals surface area (Å²) < 4.78 is 5.46. The maximum Gasteiger partial charge on any atom is 0.107 e. The van der Waals surface area contributed by atoms with E-state index in [1.54, 1.807) is 7.11 Å². The first-order valence-electron chi connectivity index (χ1n) is 4.26. The Kier molecular flexibility index (Phi) is 1.65. The van der Waals surface area contributed by atoms with Crippen LogP contribution in [0.4, 0.5) is 0 Å². The third-order valence-electron chi connectivity index (χ3n) is 2.71. The summed E-state index contributed by atoms with van der Waals surface area (Å²) in [6.07, 6.45) is 3.98. The molecule has 1 aromatic rings. The highest BCUT2D eigenvalue weighted by Crippen LogP contribution is 2.37. The average Bonchev–Trinajstić information content (AvgIpc) is 2.46. The molecule has 12 heavy (non-hydrogen) atoms. The number of hydrogen-bond acceptors (Lipinski definition) is 2. The molecule has 0 fully saturated rings. The molecule has 0 aliphatic heterocycles. The Morgan fingerprint density at radius 1 is 1.58 bits per heavy atom. The molecule has 0 N–H and O–H groups in total. The van der Waals surface area contributed by atoms with Gasteiger partial charge in [-0.3, -0.25) is 4.98 Å². The van der Waals surface area contributed by atoms with Crippen LogP contribution in [0.1, 0.15) is 24.6 Å². The number of aryl methyl sites for hydroxylation is 1. The molecule has 0 saturated carbocycles. The molecule has 64 valence electrons. The van der Waals surface area contributed by atoms with Crippen LogP contribution in [-0.4, -0.2) is 12.1 Å². The van der Waals surface area contributed by atoms with Gasteiger partial charge in [0.05, 0.1) is 5.69 Å². The highest BCUT2D eigenvalue weighted by molar-refractivity contribution is 5.30. The number of nitrogens with zero attached hydrogens (tertiary/aromatic N) is 1. The Bertz CT molecular complexity index is 298. The molecule has 2 heteroatoms. The minimum absolute atomic E-state index is 0.142. The molecule has 0 amide bonds. The van der Waals surface area contributed by atoms with Gasteiger partial charge >= 0.3 is 0 Å². The molecule has 0 bridgehead atoms. The zero-order chi connectivity index (χ0) is 8.60. The van der Waals surface area contributed by atoms with Crippen LogP contribution >= 0.6 is 0 Å². The van der Waals surface area contributed by atoms with Crippen molar-refractivity contribution in [2.45, 2.75) is 25.4 Å². The van der Waals surface area contributed by atoms with E-state index in [9.17, 15) is 0 Å². The highest BCUT2D eigenvalue weighted by atomic mass is 16.5. The summed E-state index contributed by atoms with van der Waals surface area (Å²) in [5.41, 5.74) is 2.31. The molecule has 1 unspecified atom stereocenters. The van der Waals surface area contributed by atoms with Crippen molar-refractivity contribution in [3.8, 4) is 0 Å². The molecule has 0 radical (unpaired) electrons. The van der Waals surface area contributed by atoms with E-state index >= 15 is 0 Å². The predicted molar refractivity (Wildman–Crippen MR) is 46.9 cm³/mol. The van der Waals surface area contributed by atoms with Crippen LogP contribution in [0.5, 0.6) is 0 Å². The summed E-state index contributed by atoms with van der Waals surface area (Å²) in [7, 11) is 1.75. The first kappa shape index (κ1) is 7.74. The Morgan fingerprint density at radius 3 is 3.17 bits per heavy atom. The number of rotatable bonds is 1. The molecule has 2 nitrogen and oxygen atoms in total. The average molecular weight is 163 g/mol. The molecule has 0 spiro atoms. The van der Waals surface area contributed by atoms with E-state index < -0.39 is 0 Å². The molecule has 1 aliphatic carbocycles. The monoisotopic (exact) mass is 163 g/mol. The van der Waals surface area contributed by atoms with Gasteiger partial charge < -0.3 is 4.74 Å². The normalized spacial score (nSPS) is 27.2. The molecule has 1 heterocycles. The second-order valence-corrected chi connectivity index (χ2v) is 3.45. The van der Waals surface area contributed by atoms with Crippen LogP contribution in [-0.2, 0) is 16.8 Å². The van der Waals surface area contributed by atoms with E-state index in [0.717, 1.165) is 18.5 Å². The van der Waals surface area contributed by atoms with Crippen molar-refractivity contribution in [2.24, 2.45) is 0 Å². The molecular weight excluding hydrogens is 150 g/mol. The second kappa shape index (κ2) is 2.56. The van der Waals surface area contributed by atoms with E-state index in [2.05, 4.69) is 18.0 Å². The van der Waals surface area contributed by atoms with Crippen LogP contribution in [0.2, 0.25) is 0 Å². The van der Waals surface area contributed by atoms with Gasteiger partial charge in [0.25, 0.3) is 0 Å². The maximum atomic E-state index is 5.46. The molecule has 0 saturated heterocycles. The summed E-state index contributed by atoms with van der Waals surface area (Å²) in [6, 6.07) is 4.12. The second-order valence-electron chi connectivity index (χ2n) is 3.45. The van der Waals surface area contributed by atoms with Crippen LogP contribution in [0.25, 0.3) is 0 Å². The van der Waals surface area contributed by atoms with E-state index in [4.69, 9.17) is 4.74 Å². The Morgan fingerprint density at radius 2 is 2.42 bits per heavy atom. The van der Waals surface area contributed by atoms with Gasteiger partial charge in [-0.05, 0) is 31.4 Å². The van der Waals surface area contributed by atoms with Gasteiger partial charge in [-0.2, -0.15) is 0 Å². The summed E-state index contributed by atoms with van der Waals surface area (Å²) in [5, 5.41) is 0. The van der Waals surface area contributed by atoms with Gasteiger partial charge in [-0.25, -0.2) is 0 Å². The highest BCUT2D eigenvalue weighted by Gasteiger charge is 2.35. The maximum absolute atomic E-state index is 5.46. The topological polar surface area (TPSA) is 22.1 Å².